The van der Waals surface area contributed by atoms with E-state index in [1.165, 1.54) is 0 Å². The van der Waals surface area contributed by atoms with E-state index in [9.17, 15) is 4.79 Å². The van der Waals surface area contributed by atoms with Gasteiger partial charge in [0.05, 0.1) is 12.5 Å². The third kappa shape index (κ3) is 5.18. The third-order valence-electron chi connectivity index (χ3n) is 5.58. The minimum Gasteiger partial charge on any atom is -0.383 e. The van der Waals surface area contributed by atoms with Gasteiger partial charge < -0.3 is 15.0 Å². The summed E-state index contributed by atoms with van der Waals surface area (Å²) in [6, 6.07) is 8.24. The molecule has 3 rings (SSSR count). The van der Waals surface area contributed by atoms with Gasteiger partial charge in [0.25, 0.3) is 0 Å². The quantitative estimate of drug-likeness (QED) is 0.761. The largest absolute Gasteiger partial charge is 0.383 e. The number of aromatic nitrogens is 1. The van der Waals surface area contributed by atoms with Crippen LogP contribution in [0.25, 0.3) is 0 Å². The molecule has 2 saturated heterocycles. The van der Waals surface area contributed by atoms with Crippen molar-refractivity contribution in [3.8, 4) is 6.07 Å². The number of methoxy groups -OCH3 is 1. The van der Waals surface area contributed by atoms with Crippen molar-refractivity contribution >= 4 is 11.7 Å². The minimum absolute atomic E-state index is 0.0858. The van der Waals surface area contributed by atoms with Crippen LogP contribution in [-0.2, 0) is 9.53 Å². The lowest BCUT2D eigenvalue weighted by Crippen LogP contribution is -2.51. The van der Waals surface area contributed by atoms with Gasteiger partial charge in [-0.15, -0.1) is 0 Å². The summed E-state index contributed by atoms with van der Waals surface area (Å²) in [7, 11) is 1.65. The first-order valence-corrected chi connectivity index (χ1v) is 9.84. The molecule has 3 heterocycles. The zero-order chi connectivity index (χ0) is 19.1. The van der Waals surface area contributed by atoms with Crippen LogP contribution in [0, 0.1) is 17.2 Å². The van der Waals surface area contributed by atoms with Crippen LogP contribution in [-0.4, -0.2) is 68.3 Å². The molecule has 1 N–H and O–H groups in total. The van der Waals surface area contributed by atoms with Gasteiger partial charge in [-0.25, -0.2) is 4.98 Å². The van der Waals surface area contributed by atoms with Crippen molar-refractivity contribution in [2.75, 3.05) is 51.3 Å². The zero-order valence-electron chi connectivity index (χ0n) is 16.1. The topological polar surface area (TPSA) is 81.5 Å². The highest BCUT2D eigenvalue weighted by molar-refractivity contribution is 5.78. The summed E-state index contributed by atoms with van der Waals surface area (Å²) in [6.07, 6.45) is 4.18. The van der Waals surface area contributed by atoms with Gasteiger partial charge in [-0.2, -0.15) is 5.26 Å². The number of amides is 1. The van der Waals surface area contributed by atoms with Gasteiger partial charge in [0.1, 0.15) is 17.6 Å². The zero-order valence-corrected chi connectivity index (χ0v) is 16.1. The van der Waals surface area contributed by atoms with E-state index in [0.717, 1.165) is 57.7 Å². The Morgan fingerprint density at radius 1 is 1.33 bits per heavy atom. The SMILES string of the molecule is COCCNC(=O)C1CCCN(C2CCN(c3cccc(C#N)n3)CC2)C1. The second-order valence-electron chi connectivity index (χ2n) is 7.33. The number of hydrogen-bond acceptors (Lipinski definition) is 6. The van der Waals surface area contributed by atoms with Crippen LogP contribution in [0.4, 0.5) is 5.82 Å². The van der Waals surface area contributed by atoms with Crippen LogP contribution in [0.5, 0.6) is 0 Å². The maximum absolute atomic E-state index is 12.4. The summed E-state index contributed by atoms with van der Waals surface area (Å²) in [5.41, 5.74) is 0.466. The number of rotatable bonds is 6. The summed E-state index contributed by atoms with van der Waals surface area (Å²) in [5.74, 6) is 1.14. The number of carbonyl (C=O) groups excluding carboxylic acids is 1. The molecule has 1 aromatic heterocycles. The molecule has 1 atom stereocenters. The second-order valence-corrected chi connectivity index (χ2v) is 7.33. The molecule has 2 aliphatic heterocycles. The van der Waals surface area contributed by atoms with Crippen molar-refractivity contribution in [1.82, 2.24) is 15.2 Å². The number of nitriles is 1. The molecule has 2 fully saturated rings. The lowest BCUT2D eigenvalue weighted by atomic mass is 9.93. The Hall–Kier alpha value is -2.17. The molecule has 1 aromatic rings. The molecule has 146 valence electrons. The van der Waals surface area contributed by atoms with E-state index in [4.69, 9.17) is 10.00 Å². The summed E-state index contributed by atoms with van der Waals surface area (Å²) < 4.78 is 5.00. The molecule has 0 aliphatic carbocycles. The van der Waals surface area contributed by atoms with Crippen LogP contribution < -0.4 is 10.2 Å². The number of likely N-dealkylation sites (tertiary alicyclic amines) is 1. The van der Waals surface area contributed by atoms with Crippen LogP contribution in [0.3, 0.4) is 0 Å². The number of carbonyl (C=O) groups is 1. The first-order chi connectivity index (χ1) is 13.2. The highest BCUT2D eigenvalue weighted by Crippen LogP contribution is 2.26. The lowest BCUT2D eigenvalue weighted by molar-refractivity contribution is -0.127. The molecular formula is C20H29N5O2. The van der Waals surface area contributed by atoms with Gasteiger partial charge in [-0.3, -0.25) is 9.69 Å². The monoisotopic (exact) mass is 371 g/mol. The van der Waals surface area contributed by atoms with Crippen LogP contribution >= 0.6 is 0 Å². The van der Waals surface area contributed by atoms with E-state index >= 15 is 0 Å². The molecule has 1 unspecified atom stereocenters. The summed E-state index contributed by atoms with van der Waals surface area (Å²) in [5, 5.41) is 12.0. The number of piperidine rings is 2. The summed E-state index contributed by atoms with van der Waals surface area (Å²) in [4.78, 5) is 21.5. The summed E-state index contributed by atoms with van der Waals surface area (Å²) in [6.45, 7) is 4.95. The Morgan fingerprint density at radius 3 is 2.89 bits per heavy atom. The van der Waals surface area contributed by atoms with Crippen LogP contribution in [0.15, 0.2) is 18.2 Å². The van der Waals surface area contributed by atoms with Gasteiger partial charge in [-0.05, 0) is 44.4 Å². The smallest absolute Gasteiger partial charge is 0.224 e. The number of pyridine rings is 1. The average Bonchev–Trinajstić information content (AvgIpc) is 2.74. The number of nitrogens with one attached hydrogen (secondary N) is 1. The van der Waals surface area contributed by atoms with Gasteiger partial charge in [0, 0.05) is 39.3 Å². The highest BCUT2D eigenvalue weighted by Gasteiger charge is 2.31. The fourth-order valence-electron chi connectivity index (χ4n) is 4.09. The van der Waals surface area contributed by atoms with Crippen molar-refractivity contribution < 1.29 is 9.53 Å². The molecule has 1 amide bonds. The molecule has 0 spiro atoms. The average molecular weight is 371 g/mol. The summed E-state index contributed by atoms with van der Waals surface area (Å²) >= 11 is 0. The van der Waals surface area contributed by atoms with Gasteiger partial charge in [0.2, 0.25) is 5.91 Å². The van der Waals surface area contributed by atoms with Crippen molar-refractivity contribution in [2.45, 2.75) is 31.7 Å². The molecule has 0 radical (unpaired) electrons. The third-order valence-corrected chi connectivity index (χ3v) is 5.58. The number of anilines is 1. The molecule has 0 bridgehead atoms. The lowest BCUT2D eigenvalue weighted by Gasteiger charge is -2.42. The Morgan fingerprint density at radius 2 is 2.15 bits per heavy atom. The van der Waals surface area contributed by atoms with E-state index in [0.29, 0.717) is 24.9 Å². The Kier molecular flexibility index (Phi) is 7.02. The fourth-order valence-corrected chi connectivity index (χ4v) is 4.09. The molecule has 0 aromatic carbocycles. The molecule has 7 nitrogen and oxygen atoms in total. The highest BCUT2D eigenvalue weighted by atomic mass is 16.5. The first kappa shape index (κ1) is 19.6. The fraction of sp³-hybridized carbons (Fsp3) is 0.650. The standard InChI is InChI=1S/C20H29N5O2/c1-27-13-9-22-20(26)16-4-3-10-25(15-16)18-7-11-24(12-8-18)19-6-2-5-17(14-21)23-19/h2,5-6,16,18H,3-4,7-13,15H2,1H3,(H,22,26). The second kappa shape index (κ2) is 9.67. The molecular weight excluding hydrogens is 342 g/mol. The van der Waals surface area contributed by atoms with E-state index in [2.05, 4.69) is 26.2 Å². The maximum atomic E-state index is 12.4. The van der Waals surface area contributed by atoms with Crippen molar-refractivity contribution in [3.63, 3.8) is 0 Å². The normalized spacial score (nSPS) is 21.6. The van der Waals surface area contributed by atoms with E-state index in [1.807, 2.05) is 12.1 Å². The van der Waals surface area contributed by atoms with E-state index in [-0.39, 0.29) is 11.8 Å². The first-order valence-electron chi connectivity index (χ1n) is 9.84. The molecule has 7 heteroatoms. The molecule has 0 saturated carbocycles. The Bertz CT molecular complexity index is 667. The Labute approximate surface area is 161 Å². The predicted octanol–water partition coefficient (Wildman–Crippen LogP) is 1.40. The minimum atomic E-state index is 0.0858. The van der Waals surface area contributed by atoms with E-state index in [1.54, 1.807) is 13.2 Å². The van der Waals surface area contributed by atoms with Crippen LogP contribution in [0.2, 0.25) is 0 Å². The van der Waals surface area contributed by atoms with Crippen molar-refractivity contribution in [2.24, 2.45) is 5.92 Å². The Balaban J connectivity index is 1.50. The van der Waals surface area contributed by atoms with Crippen molar-refractivity contribution in [1.29, 1.82) is 5.26 Å². The van der Waals surface area contributed by atoms with E-state index < -0.39 is 0 Å². The maximum Gasteiger partial charge on any atom is 0.224 e. The number of ether oxygens (including phenoxy) is 1. The predicted molar refractivity (Wildman–Crippen MR) is 103 cm³/mol. The van der Waals surface area contributed by atoms with Gasteiger partial charge >= 0.3 is 0 Å². The van der Waals surface area contributed by atoms with Gasteiger partial charge in [-0.1, -0.05) is 6.07 Å². The number of hydrogen-bond donors (Lipinski definition) is 1. The van der Waals surface area contributed by atoms with Crippen LogP contribution in [0.1, 0.15) is 31.4 Å². The molecule has 2 aliphatic rings. The molecule has 27 heavy (non-hydrogen) atoms. The van der Waals surface area contributed by atoms with Gasteiger partial charge in [0.15, 0.2) is 0 Å². The number of nitrogens with zero attached hydrogens (tertiary/aromatic N) is 4. The van der Waals surface area contributed by atoms with Crippen molar-refractivity contribution in [3.05, 3.63) is 23.9 Å².